The molecule has 0 saturated heterocycles. The molecular formula is C12H13ClO3. The number of hydrogen-bond donors (Lipinski definition) is 1. The molecule has 86 valence electrons. The number of carboxylic acids is 1. The van der Waals surface area contributed by atoms with Crippen molar-refractivity contribution in [2.45, 2.75) is 6.42 Å². The minimum Gasteiger partial charge on any atom is -0.496 e. The lowest BCUT2D eigenvalue weighted by Gasteiger charge is -2.05. The van der Waals surface area contributed by atoms with Crippen molar-refractivity contribution < 1.29 is 14.6 Å². The van der Waals surface area contributed by atoms with Gasteiger partial charge in [0.05, 0.1) is 7.11 Å². The molecule has 0 saturated carbocycles. The second-order valence-electron chi connectivity index (χ2n) is 3.14. The highest BCUT2D eigenvalue weighted by atomic mass is 35.5. The third-order valence-electron chi connectivity index (χ3n) is 2.04. The first kappa shape index (κ1) is 12.6. The van der Waals surface area contributed by atoms with Crippen molar-refractivity contribution in [1.82, 2.24) is 0 Å². The van der Waals surface area contributed by atoms with Gasteiger partial charge in [-0.3, -0.25) is 0 Å². The van der Waals surface area contributed by atoms with E-state index in [4.69, 9.17) is 21.4 Å². The summed E-state index contributed by atoms with van der Waals surface area (Å²) in [5.41, 5.74) is 1.06. The molecule has 0 aliphatic carbocycles. The lowest BCUT2D eigenvalue weighted by atomic mass is 10.1. The Bertz CT molecular complexity index is 399. The van der Waals surface area contributed by atoms with Crippen molar-refractivity contribution in [1.29, 1.82) is 0 Å². The van der Waals surface area contributed by atoms with Crippen LogP contribution >= 0.6 is 11.6 Å². The molecule has 3 nitrogen and oxygen atoms in total. The standard InChI is InChI=1S/C12H13ClO3/c1-16-11-8-9(4-2-3-7-13)5-6-10(11)12(14)15/h2,4-6,8H,3,7H2,1H3,(H,14,15). The number of rotatable bonds is 5. The number of alkyl halides is 1. The van der Waals surface area contributed by atoms with Crippen molar-refractivity contribution in [3.63, 3.8) is 0 Å². The Morgan fingerprint density at radius 2 is 2.31 bits per heavy atom. The average molecular weight is 241 g/mol. The Kier molecular flexibility index (Phi) is 4.86. The predicted octanol–water partition coefficient (Wildman–Crippen LogP) is 3.04. The van der Waals surface area contributed by atoms with Gasteiger partial charge in [-0.2, -0.15) is 0 Å². The van der Waals surface area contributed by atoms with E-state index >= 15 is 0 Å². The van der Waals surface area contributed by atoms with Gasteiger partial charge in [0.1, 0.15) is 11.3 Å². The Labute approximate surface area is 99.3 Å². The summed E-state index contributed by atoms with van der Waals surface area (Å²) in [4.78, 5) is 10.8. The molecule has 0 aromatic heterocycles. The maximum absolute atomic E-state index is 10.8. The van der Waals surface area contributed by atoms with Gasteiger partial charge in [-0.1, -0.05) is 18.2 Å². The van der Waals surface area contributed by atoms with Crippen molar-refractivity contribution in [3.8, 4) is 5.75 Å². The van der Waals surface area contributed by atoms with Crippen LogP contribution in [0.3, 0.4) is 0 Å². The van der Waals surface area contributed by atoms with Gasteiger partial charge in [-0.25, -0.2) is 4.79 Å². The van der Waals surface area contributed by atoms with Gasteiger partial charge in [-0.05, 0) is 24.1 Å². The van der Waals surface area contributed by atoms with Gasteiger partial charge >= 0.3 is 5.97 Å². The second-order valence-corrected chi connectivity index (χ2v) is 3.52. The van der Waals surface area contributed by atoms with Crippen molar-refractivity contribution >= 4 is 23.6 Å². The first-order valence-corrected chi connectivity index (χ1v) is 5.36. The van der Waals surface area contributed by atoms with Gasteiger partial charge in [-0.15, -0.1) is 11.6 Å². The van der Waals surface area contributed by atoms with Crippen LogP contribution in [0, 0.1) is 0 Å². The lowest BCUT2D eigenvalue weighted by Crippen LogP contribution is -2.00. The molecule has 0 heterocycles. The average Bonchev–Trinajstić information content (AvgIpc) is 2.29. The minimum atomic E-state index is -0.992. The van der Waals surface area contributed by atoms with E-state index in [0.29, 0.717) is 11.6 Å². The van der Waals surface area contributed by atoms with Crippen LogP contribution < -0.4 is 4.74 Å². The summed E-state index contributed by atoms with van der Waals surface area (Å²) < 4.78 is 5.01. The van der Waals surface area contributed by atoms with E-state index in [1.165, 1.54) is 13.2 Å². The first-order valence-electron chi connectivity index (χ1n) is 4.83. The van der Waals surface area contributed by atoms with E-state index in [-0.39, 0.29) is 5.56 Å². The Balaban J connectivity index is 2.95. The number of carboxylic acid groups (broad SMARTS) is 1. The zero-order chi connectivity index (χ0) is 12.0. The van der Waals surface area contributed by atoms with Crippen LogP contribution in [0.4, 0.5) is 0 Å². The molecule has 0 radical (unpaired) electrons. The first-order chi connectivity index (χ1) is 7.69. The van der Waals surface area contributed by atoms with E-state index in [2.05, 4.69) is 0 Å². The molecule has 0 unspecified atom stereocenters. The van der Waals surface area contributed by atoms with Crippen LogP contribution in [0.1, 0.15) is 22.3 Å². The fraction of sp³-hybridized carbons (Fsp3) is 0.250. The predicted molar refractivity (Wildman–Crippen MR) is 64.3 cm³/mol. The highest BCUT2D eigenvalue weighted by Crippen LogP contribution is 2.21. The van der Waals surface area contributed by atoms with Crippen molar-refractivity contribution in [2.24, 2.45) is 0 Å². The monoisotopic (exact) mass is 240 g/mol. The molecule has 16 heavy (non-hydrogen) atoms. The van der Waals surface area contributed by atoms with Crippen LogP contribution in [0.25, 0.3) is 6.08 Å². The second kappa shape index (κ2) is 6.18. The summed E-state index contributed by atoms with van der Waals surface area (Å²) >= 11 is 5.54. The molecule has 0 aliphatic heterocycles. The normalized spacial score (nSPS) is 10.6. The summed E-state index contributed by atoms with van der Waals surface area (Å²) in [5, 5.41) is 8.89. The van der Waals surface area contributed by atoms with Gasteiger partial charge < -0.3 is 9.84 Å². The minimum absolute atomic E-state index is 0.164. The third kappa shape index (κ3) is 3.28. The molecule has 0 bridgehead atoms. The van der Waals surface area contributed by atoms with E-state index in [9.17, 15) is 4.79 Å². The quantitative estimate of drug-likeness (QED) is 0.805. The number of aromatic carboxylic acids is 1. The van der Waals surface area contributed by atoms with E-state index in [1.54, 1.807) is 12.1 Å². The zero-order valence-electron chi connectivity index (χ0n) is 8.94. The lowest BCUT2D eigenvalue weighted by molar-refractivity contribution is 0.0693. The largest absolute Gasteiger partial charge is 0.496 e. The number of carbonyl (C=O) groups is 1. The number of ether oxygens (including phenoxy) is 1. The number of halogens is 1. The fourth-order valence-corrected chi connectivity index (χ4v) is 1.40. The van der Waals surface area contributed by atoms with Crippen LogP contribution in [-0.2, 0) is 0 Å². The molecule has 1 aromatic carbocycles. The highest BCUT2D eigenvalue weighted by Gasteiger charge is 2.09. The SMILES string of the molecule is COc1cc(C=CCCCl)ccc1C(=O)O. The van der Waals surface area contributed by atoms with Crippen LogP contribution in [0.2, 0.25) is 0 Å². The third-order valence-corrected chi connectivity index (χ3v) is 2.26. The van der Waals surface area contributed by atoms with Crippen LogP contribution in [0.15, 0.2) is 24.3 Å². The topological polar surface area (TPSA) is 46.5 Å². The van der Waals surface area contributed by atoms with Crippen molar-refractivity contribution in [3.05, 3.63) is 35.4 Å². The zero-order valence-corrected chi connectivity index (χ0v) is 9.70. The summed E-state index contributed by atoms with van der Waals surface area (Å²) in [6, 6.07) is 4.95. The van der Waals surface area contributed by atoms with E-state index < -0.39 is 5.97 Å². The Morgan fingerprint density at radius 3 is 2.88 bits per heavy atom. The molecule has 0 amide bonds. The molecule has 1 aromatic rings. The van der Waals surface area contributed by atoms with Crippen molar-refractivity contribution in [2.75, 3.05) is 13.0 Å². The Morgan fingerprint density at radius 1 is 1.56 bits per heavy atom. The molecule has 0 aliphatic rings. The maximum atomic E-state index is 10.8. The fourth-order valence-electron chi connectivity index (χ4n) is 1.27. The van der Waals surface area contributed by atoms with E-state index in [0.717, 1.165) is 12.0 Å². The molecule has 0 fully saturated rings. The molecule has 1 rings (SSSR count). The van der Waals surface area contributed by atoms with Gasteiger partial charge in [0.25, 0.3) is 0 Å². The van der Waals surface area contributed by atoms with E-state index in [1.807, 2.05) is 12.2 Å². The molecular weight excluding hydrogens is 228 g/mol. The molecule has 1 N–H and O–H groups in total. The summed E-state index contributed by atoms with van der Waals surface area (Å²) in [6.45, 7) is 0. The summed E-state index contributed by atoms with van der Waals surface area (Å²) in [6.07, 6.45) is 4.60. The summed E-state index contributed by atoms with van der Waals surface area (Å²) in [7, 11) is 1.45. The highest BCUT2D eigenvalue weighted by molar-refractivity contribution is 6.17. The number of allylic oxidation sites excluding steroid dienone is 1. The summed E-state index contributed by atoms with van der Waals surface area (Å²) in [5.74, 6) is -0.0606. The van der Waals surface area contributed by atoms with Crippen LogP contribution in [0.5, 0.6) is 5.75 Å². The number of hydrogen-bond acceptors (Lipinski definition) is 2. The number of benzene rings is 1. The molecule has 0 atom stereocenters. The van der Waals surface area contributed by atoms with Gasteiger partial charge in [0, 0.05) is 5.88 Å². The molecule has 4 heteroatoms. The number of methoxy groups -OCH3 is 1. The van der Waals surface area contributed by atoms with Crippen LogP contribution in [-0.4, -0.2) is 24.1 Å². The maximum Gasteiger partial charge on any atom is 0.339 e. The van der Waals surface area contributed by atoms with Gasteiger partial charge in [0.2, 0.25) is 0 Å². The smallest absolute Gasteiger partial charge is 0.339 e. The molecule has 0 spiro atoms. The Hall–Kier alpha value is -1.48. The van der Waals surface area contributed by atoms with Gasteiger partial charge in [0.15, 0.2) is 0 Å².